The van der Waals surface area contributed by atoms with E-state index in [2.05, 4.69) is 38.3 Å². The van der Waals surface area contributed by atoms with Crippen molar-refractivity contribution in [2.24, 2.45) is 11.1 Å². The largest absolute Gasteiger partial charge is 0.368 e. The molecule has 0 radical (unpaired) electrons. The molecule has 1 unspecified atom stereocenters. The zero-order valence-corrected chi connectivity index (χ0v) is 15.0. The lowest BCUT2D eigenvalue weighted by molar-refractivity contribution is -0.131. The predicted molar refractivity (Wildman–Crippen MR) is 95.0 cm³/mol. The fraction of sp³-hybridized carbons (Fsp3) is 0.588. The molecule has 0 saturated carbocycles. The molecule has 0 spiro atoms. The second kappa shape index (κ2) is 7.47. The van der Waals surface area contributed by atoms with Crippen LogP contribution in [0.3, 0.4) is 0 Å². The van der Waals surface area contributed by atoms with Crippen LogP contribution in [-0.4, -0.2) is 31.6 Å². The Bertz CT molecular complexity index is 508. The van der Waals surface area contributed by atoms with Crippen molar-refractivity contribution in [2.45, 2.75) is 39.2 Å². The molecule has 1 atom stereocenters. The molecule has 1 saturated heterocycles. The van der Waals surface area contributed by atoms with Crippen LogP contribution in [0.15, 0.2) is 28.7 Å². The molecule has 1 aromatic carbocycles. The number of benzene rings is 1. The summed E-state index contributed by atoms with van der Waals surface area (Å²) in [5.74, 6) is 0.110. The normalized spacial score (nSPS) is 18.5. The summed E-state index contributed by atoms with van der Waals surface area (Å²) >= 11 is 3.60. The van der Waals surface area contributed by atoms with Crippen molar-refractivity contribution in [3.8, 4) is 0 Å². The molecule has 1 amide bonds. The Balaban J connectivity index is 1.99. The third-order valence-corrected chi connectivity index (χ3v) is 5.61. The van der Waals surface area contributed by atoms with E-state index < -0.39 is 5.41 Å². The Labute approximate surface area is 141 Å². The van der Waals surface area contributed by atoms with Crippen molar-refractivity contribution in [1.29, 1.82) is 0 Å². The van der Waals surface area contributed by atoms with Crippen LogP contribution in [0.25, 0.3) is 0 Å². The predicted octanol–water partition coefficient (Wildman–Crippen LogP) is 2.91. The lowest BCUT2D eigenvalue weighted by Crippen LogP contribution is -2.49. The highest BCUT2D eigenvalue weighted by molar-refractivity contribution is 9.10. The fourth-order valence-corrected chi connectivity index (χ4v) is 3.63. The van der Waals surface area contributed by atoms with Crippen molar-refractivity contribution in [3.05, 3.63) is 28.7 Å². The van der Waals surface area contributed by atoms with Gasteiger partial charge in [-0.05, 0) is 47.3 Å². The number of hydrogen-bond acceptors (Lipinski definition) is 3. The first-order valence-corrected chi connectivity index (χ1v) is 8.86. The van der Waals surface area contributed by atoms with Crippen LogP contribution in [0.2, 0.25) is 0 Å². The number of para-hydroxylation sites is 1. The van der Waals surface area contributed by atoms with E-state index in [1.165, 1.54) is 5.69 Å². The second-order valence-electron chi connectivity index (χ2n) is 6.05. The molecule has 0 aliphatic carbocycles. The average molecular weight is 368 g/mol. The minimum absolute atomic E-state index is 0.110. The van der Waals surface area contributed by atoms with Crippen LogP contribution >= 0.6 is 15.9 Å². The molecule has 1 aliphatic heterocycles. The summed E-state index contributed by atoms with van der Waals surface area (Å²) in [6.07, 6.45) is 2.54. The third kappa shape index (κ3) is 3.46. The summed E-state index contributed by atoms with van der Waals surface area (Å²) in [6, 6.07) is 8.41. The van der Waals surface area contributed by atoms with Crippen molar-refractivity contribution in [2.75, 3.05) is 24.5 Å². The van der Waals surface area contributed by atoms with Gasteiger partial charge >= 0.3 is 0 Å². The van der Waals surface area contributed by atoms with E-state index in [9.17, 15) is 4.79 Å². The molecule has 4 nitrogen and oxygen atoms in total. The smallest absolute Gasteiger partial charge is 0.227 e. The minimum Gasteiger partial charge on any atom is -0.368 e. The number of anilines is 1. The van der Waals surface area contributed by atoms with Crippen molar-refractivity contribution >= 4 is 27.5 Å². The quantitative estimate of drug-likeness (QED) is 0.812. The topological polar surface area (TPSA) is 58.4 Å². The Morgan fingerprint density at radius 1 is 1.41 bits per heavy atom. The number of halogens is 1. The van der Waals surface area contributed by atoms with E-state index in [1.54, 1.807) is 0 Å². The molecule has 0 bridgehead atoms. The molecule has 122 valence electrons. The fourth-order valence-electron chi connectivity index (χ4n) is 3.10. The van der Waals surface area contributed by atoms with E-state index >= 15 is 0 Å². The van der Waals surface area contributed by atoms with Gasteiger partial charge in [0, 0.05) is 30.1 Å². The molecule has 1 aromatic rings. The Hall–Kier alpha value is -1.07. The number of nitrogens with zero attached hydrogens (tertiary/aromatic N) is 1. The van der Waals surface area contributed by atoms with Gasteiger partial charge in [-0.15, -0.1) is 0 Å². The number of amides is 1. The van der Waals surface area contributed by atoms with E-state index in [0.717, 1.165) is 36.8 Å². The van der Waals surface area contributed by atoms with Crippen molar-refractivity contribution in [1.82, 2.24) is 5.32 Å². The molecule has 22 heavy (non-hydrogen) atoms. The number of nitrogens with two attached hydrogens (primary N) is 1. The maximum Gasteiger partial charge on any atom is 0.227 e. The van der Waals surface area contributed by atoms with Crippen molar-refractivity contribution < 1.29 is 4.79 Å². The summed E-state index contributed by atoms with van der Waals surface area (Å²) in [5.41, 5.74) is 6.64. The second-order valence-corrected chi connectivity index (χ2v) is 6.90. The van der Waals surface area contributed by atoms with Gasteiger partial charge in [0.15, 0.2) is 0 Å². The number of hydrogen-bond donors (Lipinski definition) is 2. The zero-order valence-electron chi connectivity index (χ0n) is 13.4. The molecule has 2 rings (SSSR count). The van der Waals surface area contributed by atoms with Crippen LogP contribution in [0.1, 0.15) is 33.1 Å². The minimum atomic E-state index is -0.416. The average Bonchev–Trinajstić information content (AvgIpc) is 2.98. The van der Waals surface area contributed by atoms with E-state index in [0.29, 0.717) is 6.54 Å². The monoisotopic (exact) mass is 367 g/mol. The van der Waals surface area contributed by atoms with Crippen LogP contribution in [-0.2, 0) is 4.79 Å². The van der Waals surface area contributed by atoms with Gasteiger partial charge in [0.2, 0.25) is 5.91 Å². The standard InChI is InChI=1S/C17H26BrN3O/c1-3-17(4-2,12-19)16(22)20-13-9-10-21(11-13)15-8-6-5-7-14(15)18/h5-8,13H,3-4,9-12,19H2,1-2H3,(H,20,22). The third-order valence-electron chi connectivity index (χ3n) is 4.94. The van der Waals surface area contributed by atoms with Crippen LogP contribution in [0, 0.1) is 5.41 Å². The van der Waals surface area contributed by atoms with E-state index in [1.807, 2.05) is 26.0 Å². The van der Waals surface area contributed by atoms with Crippen LogP contribution in [0.4, 0.5) is 5.69 Å². The summed E-state index contributed by atoms with van der Waals surface area (Å²) < 4.78 is 1.10. The van der Waals surface area contributed by atoms with Crippen LogP contribution in [0.5, 0.6) is 0 Å². The number of carbonyl (C=O) groups excluding carboxylic acids is 1. The molecule has 1 heterocycles. The van der Waals surface area contributed by atoms with Crippen molar-refractivity contribution in [3.63, 3.8) is 0 Å². The lowest BCUT2D eigenvalue weighted by Gasteiger charge is -2.30. The first-order valence-electron chi connectivity index (χ1n) is 8.06. The summed E-state index contributed by atoms with van der Waals surface area (Å²) in [5, 5.41) is 3.22. The summed E-state index contributed by atoms with van der Waals surface area (Å²) in [6.45, 7) is 6.30. The molecular weight excluding hydrogens is 342 g/mol. The maximum absolute atomic E-state index is 12.6. The molecular formula is C17H26BrN3O. The molecule has 1 fully saturated rings. The van der Waals surface area contributed by atoms with Crippen LogP contribution < -0.4 is 16.0 Å². The van der Waals surface area contributed by atoms with Gasteiger partial charge in [0.05, 0.1) is 11.1 Å². The van der Waals surface area contributed by atoms with Gasteiger partial charge in [-0.2, -0.15) is 0 Å². The van der Waals surface area contributed by atoms with Gasteiger partial charge < -0.3 is 16.0 Å². The highest BCUT2D eigenvalue weighted by Gasteiger charge is 2.35. The SMILES string of the molecule is CCC(CC)(CN)C(=O)NC1CCN(c2ccccc2Br)C1. The number of nitrogens with one attached hydrogen (secondary N) is 1. The Morgan fingerprint density at radius 2 is 2.09 bits per heavy atom. The zero-order chi connectivity index (χ0) is 16.2. The molecule has 1 aliphatic rings. The van der Waals surface area contributed by atoms with Gasteiger partial charge in [-0.25, -0.2) is 0 Å². The first-order chi connectivity index (χ1) is 10.6. The van der Waals surface area contributed by atoms with Gasteiger partial charge in [-0.3, -0.25) is 4.79 Å². The van der Waals surface area contributed by atoms with Gasteiger partial charge in [-0.1, -0.05) is 26.0 Å². The molecule has 3 N–H and O–H groups in total. The first kappa shape index (κ1) is 17.3. The van der Waals surface area contributed by atoms with E-state index in [4.69, 9.17) is 5.73 Å². The lowest BCUT2D eigenvalue weighted by atomic mass is 9.81. The Kier molecular flexibility index (Phi) is 5.87. The molecule has 0 aromatic heterocycles. The maximum atomic E-state index is 12.6. The molecule has 5 heteroatoms. The van der Waals surface area contributed by atoms with E-state index in [-0.39, 0.29) is 11.9 Å². The number of rotatable bonds is 6. The highest BCUT2D eigenvalue weighted by Crippen LogP contribution is 2.30. The van der Waals surface area contributed by atoms with Gasteiger partial charge in [0.25, 0.3) is 0 Å². The number of carbonyl (C=O) groups is 1. The van der Waals surface area contributed by atoms with Gasteiger partial charge in [0.1, 0.15) is 0 Å². The summed E-state index contributed by atoms with van der Waals surface area (Å²) in [4.78, 5) is 14.9. The Morgan fingerprint density at radius 3 is 2.68 bits per heavy atom. The summed E-state index contributed by atoms with van der Waals surface area (Å²) in [7, 11) is 0. The highest BCUT2D eigenvalue weighted by atomic mass is 79.9.